The van der Waals surface area contributed by atoms with Gasteiger partial charge >= 0.3 is 11.9 Å². The molecule has 1 aliphatic heterocycles. The van der Waals surface area contributed by atoms with Crippen LogP contribution < -0.4 is 14.2 Å². The minimum atomic E-state index is -1.64. The predicted octanol–water partition coefficient (Wildman–Crippen LogP) is 2.60. The van der Waals surface area contributed by atoms with Crippen molar-refractivity contribution in [2.45, 2.75) is 18.2 Å². The summed E-state index contributed by atoms with van der Waals surface area (Å²) in [4.78, 5) is 28.3. The lowest BCUT2D eigenvalue weighted by Crippen LogP contribution is -2.23. The van der Waals surface area contributed by atoms with Gasteiger partial charge in [-0.05, 0) is 23.6 Å². The van der Waals surface area contributed by atoms with Gasteiger partial charge in [0, 0.05) is 24.2 Å². The molecule has 164 valence electrons. The highest BCUT2D eigenvalue weighted by Crippen LogP contribution is 2.45. The third kappa shape index (κ3) is 4.85. The van der Waals surface area contributed by atoms with Crippen LogP contribution in [0.3, 0.4) is 0 Å². The number of benzene rings is 2. The Morgan fingerprint density at radius 3 is 2.61 bits per heavy atom. The average Bonchev–Trinajstić information content (AvgIpc) is 2.81. The summed E-state index contributed by atoms with van der Waals surface area (Å²) in [7, 11) is 1.22. The molecule has 0 radical (unpaired) electrons. The highest BCUT2D eigenvalue weighted by molar-refractivity contribution is 7.83. The van der Waals surface area contributed by atoms with E-state index in [1.165, 1.54) is 14.2 Å². The molecule has 1 atom stereocenters. The molecule has 1 aliphatic rings. The molecule has 0 N–H and O–H groups in total. The van der Waals surface area contributed by atoms with E-state index in [-0.39, 0.29) is 24.6 Å². The first-order valence-electron chi connectivity index (χ1n) is 9.39. The fourth-order valence-electron chi connectivity index (χ4n) is 2.92. The molecule has 0 saturated heterocycles. The van der Waals surface area contributed by atoms with Crippen molar-refractivity contribution < 1.29 is 32.7 Å². The minimum Gasteiger partial charge on any atom is -0.493 e. The number of rotatable bonds is 8. The first-order valence-corrected chi connectivity index (χ1v) is 10.5. The number of hydrogen-bond donors (Lipinski definition) is 0. The quantitative estimate of drug-likeness (QED) is 0.453. The molecule has 0 bridgehead atoms. The van der Waals surface area contributed by atoms with Crippen molar-refractivity contribution in [3.63, 3.8) is 0 Å². The molecule has 1 heterocycles. The van der Waals surface area contributed by atoms with Gasteiger partial charge in [-0.15, -0.1) is 0 Å². The first kappa shape index (κ1) is 22.3. The maximum atomic E-state index is 13.3. The van der Waals surface area contributed by atoms with Crippen LogP contribution in [0.15, 0.2) is 46.4 Å². The van der Waals surface area contributed by atoms with Gasteiger partial charge < -0.3 is 18.9 Å². The normalized spacial score (nSPS) is 13.7. The van der Waals surface area contributed by atoms with Crippen LogP contribution in [0.25, 0.3) is 10.8 Å². The molecule has 0 saturated carbocycles. The molecular weight excluding hydrogens is 424 g/mol. The third-order valence-corrected chi connectivity index (χ3v) is 5.73. The summed E-state index contributed by atoms with van der Waals surface area (Å²) in [6.07, 6.45) is 5.10. The second kappa shape index (κ2) is 10.1. The van der Waals surface area contributed by atoms with Gasteiger partial charge in [0.2, 0.25) is 5.75 Å². The smallest absolute Gasteiger partial charge is 0.349 e. The van der Waals surface area contributed by atoms with E-state index in [1.54, 1.807) is 54.0 Å². The van der Waals surface area contributed by atoms with Crippen molar-refractivity contribution in [2.75, 3.05) is 27.5 Å². The van der Waals surface area contributed by atoms with Crippen LogP contribution in [-0.2, 0) is 25.3 Å². The van der Waals surface area contributed by atoms with Crippen LogP contribution >= 0.6 is 0 Å². The van der Waals surface area contributed by atoms with E-state index in [0.29, 0.717) is 21.4 Å². The van der Waals surface area contributed by atoms with Gasteiger partial charge in [0.25, 0.3) is 0 Å². The van der Waals surface area contributed by atoms with Crippen molar-refractivity contribution in [3.05, 3.63) is 36.5 Å². The van der Waals surface area contributed by atoms with E-state index < -0.39 is 29.5 Å². The summed E-state index contributed by atoms with van der Waals surface area (Å²) in [5, 5.41) is 1.04. The number of aliphatic imine (C=N–C) groups is 1. The molecule has 1 unspecified atom stereocenters. The maximum Gasteiger partial charge on any atom is 0.349 e. The zero-order chi connectivity index (χ0) is 22.4. The van der Waals surface area contributed by atoms with Crippen molar-refractivity contribution in [1.29, 1.82) is 0 Å². The lowest BCUT2D eigenvalue weighted by Gasteiger charge is -2.21. The van der Waals surface area contributed by atoms with Gasteiger partial charge in [-0.25, -0.2) is 9.00 Å². The van der Waals surface area contributed by atoms with Crippen LogP contribution in [-0.4, -0.2) is 54.2 Å². The summed E-state index contributed by atoms with van der Waals surface area (Å²) in [5.41, 5.74) is 0. The zero-order valence-electron chi connectivity index (χ0n) is 17.3. The van der Waals surface area contributed by atoms with Crippen molar-refractivity contribution >= 4 is 39.9 Å². The predicted molar refractivity (Wildman–Crippen MR) is 115 cm³/mol. The van der Waals surface area contributed by atoms with Crippen molar-refractivity contribution in [3.8, 4) is 17.2 Å². The molecule has 10 heteroatoms. The number of fused-ring (bicyclic) bond motifs is 1. The lowest BCUT2D eigenvalue weighted by molar-refractivity contribution is -0.153. The molecule has 0 fully saturated rings. The number of nitrogens with zero attached hydrogens (tertiary/aromatic N) is 2. The van der Waals surface area contributed by atoms with E-state index in [9.17, 15) is 13.8 Å². The van der Waals surface area contributed by atoms with Gasteiger partial charge in [-0.2, -0.15) is 0 Å². The van der Waals surface area contributed by atoms with Crippen LogP contribution in [0.2, 0.25) is 0 Å². The molecule has 9 nitrogen and oxygen atoms in total. The molecule has 0 aliphatic carbocycles. The molecule has 0 spiro atoms. The van der Waals surface area contributed by atoms with Crippen LogP contribution in [0.5, 0.6) is 17.2 Å². The number of carbonyl (C=O) groups excluding carboxylic acids is 2. The Balaban J connectivity index is 2.11. The Bertz CT molecular complexity index is 1080. The average molecular weight is 446 g/mol. The van der Waals surface area contributed by atoms with Crippen LogP contribution in [0.4, 0.5) is 0 Å². The fraction of sp³-hybridized carbons (Fsp3) is 0.286. The molecule has 2 aromatic rings. The Morgan fingerprint density at radius 2 is 1.97 bits per heavy atom. The van der Waals surface area contributed by atoms with E-state index in [0.717, 1.165) is 0 Å². The van der Waals surface area contributed by atoms with Gasteiger partial charge in [0.05, 0.1) is 19.1 Å². The largest absolute Gasteiger partial charge is 0.493 e. The Kier molecular flexibility index (Phi) is 7.24. The topological polar surface area (TPSA) is 104 Å². The van der Waals surface area contributed by atoms with E-state index >= 15 is 0 Å². The van der Waals surface area contributed by atoms with Crippen molar-refractivity contribution in [2.24, 2.45) is 4.99 Å². The zero-order valence-corrected chi connectivity index (χ0v) is 18.1. The van der Waals surface area contributed by atoms with Gasteiger partial charge in [-0.3, -0.25) is 14.1 Å². The van der Waals surface area contributed by atoms with Crippen LogP contribution in [0.1, 0.15) is 13.3 Å². The monoisotopic (exact) mass is 446 g/mol. The number of methoxy groups -OCH3 is 2. The first-order chi connectivity index (χ1) is 15.0. The Labute approximate surface area is 181 Å². The van der Waals surface area contributed by atoms with Gasteiger partial charge in [0.15, 0.2) is 29.1 Å². The van der Waals surface area contributed by atoms with E-state index in [1.807, 2.05) is 0 Å². The summed E-state index contributed by atoms with van der Waals surface area (Å²) in [6, 6.07) is 6.89. The highest BCUT2D eigenvalue weighted by Gasteiger charge is 2.25. The number of esters is 2. The van der Waals surface area contributed by atoms with Crippen LogP contribution in [0, 0.1) is 0 Å². The number of hydrogen-bond acceptors (Lipinski definition) is 8. The summed E-state index contributed by atoms with van der Waals surface area (Å²) >= 11 is 0. The SMILES string of the molecule is CCC(=O)OCC(=O)Oc1c(OC)c(OC)cc2cccc(S(=O)N3C=CC=NC3)c12. The second-order valence-electron chi connectivity index (χ2n) is 6.26. The number of carbonyl (C=O) groups is 2. The molecule has 2 aromatic carbocycles. The van der Waals surface area contributed by atoms with E-state index in [4.69, 9.17) is 18.9 Å². The van der Waals surface area contributed by atoms with Gasteiger partial charge in [-0.1, -0.05) is 19.1 Å². The Hall–Kier alpha value is -3.40. The second-order valence-corrected chi connectivity index (χ2v) is 7.67. The lowest BCUT2D eigenvalue weighted by atomic mass is 10.1. The minimum absolute atomic E-state index is 0.0304. The summed E-state index contributed by atoms with van der Waals surface area (Å²) < 4.78 is 36.1. The molecular formula is C21H22N2O7S. The third-order valence-electron chi connectivity index (χ3n) is 4.35. The summed E-state index contributed by atoms with van der Waals surface area (Å²) in [6.45, 7) is 1.27. The molecule has 31 heavy (non-hydrogen) atoms. The molecule has 0 aromatic heterocycles. The number of allylic oxidation sites excluding steroid dienone is 1. The molecule has 0 amide bonds. The van der Waals surface area contributed by atoms with Crippen molar-refractivity contribution in [1.82, 2.24) is 4.31 Å². The standard InChI is InChI=1S/C21H22N2O7S/c1-4-17(24)29-12-18(25)30-21-19-14(11-15(27-2)20(21)28-3)7-5-8-16(19)31(26)23-10-6-9-22-13-23/h5-11H,4,12-13H2,1-3H3. The fourth-order valence-corrected chi connectivity index (χ4v) is 4.11. The maximum absolute atomic E-state index is 13.3. The van der Waals surface area contributed by atoms with E-state index in [2.05, 4.69) is 4.99 Å². The van der Waals surface area contributed by atoms with Gasteiger partial charge in [0.1, 0.15) is 6.67 Å². The molecule has 3 rings (SSSR count). The Morgan fingerprint density at radius 1 is 1.16 bits per heavy atom. The number of ether oxygens (including phenoxy) is 4. The summed E-state index contributed by atoms with van der Waals surface area (Å²) in [5.74, 6) is -0.824. The highest BCUT2D eigenvalue weighted by atomic mass is 32.2.